The number of nitrogens with two attached hydrogens (primary N) is 1. The van der Waals surface area contributed by atoms with Crippen LogP contribution >= 0.6 is 11.6 Å². The van der Waals surface area contributed by atoms with Gasteiger partial charge in [-0.2, -0.15) is 0 Å². The van der Waals surface area contributed by atoms with Crippen LogP contribution in [0.1, 0.15) is 0 Å². The Morgan fingerprint density at radius 2 is 1.85 bits per heavy atom. The number of halogens is 2. The molecule has 0 aliphatic rings. The van der Waals surface area contributed by atoms with Gasteiger partial charge in [0.2, 0.25) is 0 Å². The van der Waals surface area contributed by atoms with Crippen molar-refractivity contribution in [2.24, 2.45) is 0 Å². The highest BCUT2D eigenvalue weighted by Crippen LogP contribution is 2.36. The lowest BCUT2D eigenvalue weighted by atomic mass is 10.0. The summed E-state index contributed by atoms with van der Waals surface area (Å²) in [5.74, 6) is 0.215. The van der Waals surface area contributed by atoms with Crippen LogP contribution < -0.4 is 5.73 Å². The summed E-state index contributed by atoms with van der Waals surface area (Å²) in [6.45, 7) is 0. The molecule has 100 valence electrons. The van der Waals surface area contributed by atoms with Gasteiger partial charge in [-0.25, -0.2) is 9.37 Å². The average molecular weight is 290 g/mol. The first-order valence-electron chi connectivity index (χ1n) is 5.78. The topological polar surface area (TPSA) is 64.9 Å². The third-order valence-electron chi connectivity index (χ3n) is 2.81. The monoisotopic (exact) mass is 289 g/mol. The summed E-state index contributed by atoms with van der Waals surface area (Å²) < 4.78 is 18.1. The number of nitrogens with zero attached hydrogens (tertiary/aromatic N) is 2. The predicted molar refractivity (Wildman–Crippen MR) is 74.6 cm³/mol. The molecule has 0 bridgehead atoms. The fraction of sp³-hybridized carbons (Fsp3) is 0. The molecule has 1 aromatic carbocycles. The minimum absolute atomic E-state index is 0.244. The number of rotatable bonds is 2. The molecule has 2 N–H and O–H groups in total. The molecule has 6 heteroatoms. The standard InChI is InChI=1S/C14H9ClFN3O/c15-9-3-1-8(2-4-9)12-13(20-19-14(12)17)11-6-5-10(16)7-18-11/h1-7H,(H2,17,19). The van der Waals surface area contributed by atoms with Gasteiger partial charge in [0.15, 0.2) is 11.6 Å². The van der Waals surface area contributed by atoms with Gasteiger partial charge in [-0.3, -0.25) is 0 Å². The number of hydrogen-bond donors (Lipinski definition) is 1. The summed E-state index contributed by atoms with van der Waals surface area (Å²) >= 11 is 5.86. The van der Waals surface area contributed by atoms with Gasteiger partial charge in [0.25, 0.3) is 0 Å². The second-order valence-corrected chi connectivity index (χ2v) is 4.58. The Bertz CT molecular complexity index is 738. The van der Waals surface area contributed by atoms with E-state index in [4.69, 9.17) is 21.9 Å². The van der Waals surface area contributed by atoms with Crippen LogP contribution in [0.3, 0.4) is 0 Å². The van der Waals surface area contributed by atoms with Crippen LogP contribution in [0.2, 0.25) is 5.02 Å². The Morgan fingerprint density at radius 1 is 1.10 bits per heavy atom. The van der Waals surface area contributed by atoms with Gasteiger partial charge in [0.1, 0.15) is 11.5 Å². The van der Waals surface area contributed by atoms with E-state index in [0.717, 1.165) is 11.8 Å². The second-order valence-electron chi connectivity index (χ2n) is 4.14. The highest BCUT2D eigenvalue weighted by Gasteiger charge is 2.18. The Morgan fingerprint density at radius 3 is 2.50 bits per heavy atom. The molecule has 0 atom stereocenters. The second kappa shape index (κ2) is 4.94. The van der Waals surface area contributed by atoms with E-state index in [9.17, 15) is 4.39 Å². The molecule has 0 saturated carbocycles. The van der Waals surface area contributed by atoms with Crippen molar-refractivity contribution in [3.63, 3.8) is 0 Å². The van der Waals surface area contributed by atoms with Crippen molar-refractivity contribution in [2.75, 3.05) is 5.73 Å². The maximum Gasteiger partial charge on any atom is 0.195 e. The van der Waals surface area contributed by atoms with Gasteiger partial charge in [0.05, 0.1) is 11.8 Å². The zero-order chi connectivity index (χ0) is 14.1. The molecule has 20 heavy (non-hydrogen) atoms. The van der Waals surface area contributed by atoms with Crippen molar-refractivity contribution in [3.8, 4) is 22.6 Å². The van der Waals surface area contributed by atoms with Gasteiger partial charge < -0.3 is 10.3 Å². The molecule has 0 spiro atoms. The van der Waals surface area contributed by atoms with Crippen LogP contribution in [0, 0.1) is 5.82 Å². The Balaban J connectivity index is 2.14. The fourth-order valence-electron chi connectivity index (χ4n) is 1.88. The predicted octanol–water partition coefficient (Wildman–Crippen LogP) is 3.78. The molecule has 0 amide bonds. The van der Waals surface area contributed by atoms with Gasteiger partial charge in [-0.05, 0) is 29.8 Å². The largest absolute Gasteiger partial charge is 0.380 e. The molecular weight excluding hydrogens is 281 g/mol. The third-order valence-corrected chi connectivity index (χ3v) is 3.06. The van der Waals surface area contributed by atoms with Crippen LogP contribution in [0.15, 0.2) is 47.1 Å². The van der Waals surface area contributed by atoms with E-state index in [1.807, 2.05) is 0 Å². The number of pyridine rings is 1. The summed E-state index contributed by atoms with van der Waals surface area (Å²) in [6, 6.07) is 9.90. The van der Waals surface area contributed by atoms with Crippen LogP contribution in [0.5, 0.6) is 0 Å². The number of benzene rings is 1. The summed E-state index contributed by atoms with van der Waals surface area (Å²) in [5.41, 5.74) is 7.71. The van der Waals surface area contributed by atoms with E-state index in [1.54, 1.807) is 24.3 Å². The first-order valence-corrected chi connectivity index (χ1v) is 6.16. The minimum atomic E-state index is -0.422. The summed E-state index contributed by atoms with van der Waals surface area (Å²) in [7, 11) is 0. The molecular formula is C14H9ClFN3O. The lowest BCUT2D eigenvalue weighted by molar-refractivity contribution is 0.434. The Hall–Kier alpha value is -2.40. The fourth-order valence-corrected chi connectivity index (χ4v) is 2.01. The smallest absolute Gasteiger partial charge is 0.195 e. The summed E-state index contributed by atoms with van der Waals surface area (Å²) in [6.07, 6.45) is 1.11. The molecule has 2 aromatic heterocycles. The Kier molecular flexibility index (Phi) is 3.12. The zero-order valence-corrected chi connectivity index (χ0v) is 10.9. The van der Waals surface area contributed by atoms with Gasteiger partial charge in [-0.15, -0.1) is 0 Å². The number of nitrogen functional groups attached to an aromatic ring is 1. The third kappa shape index (κ3) is 2.23. The molecule has 2 heterocycles. The van der Waals surface area contributed by atoms with Gasteiger partial charge >= 0.3 is 0 Å². The van der Waals surface area contributed by atoms with Crippen molar-refractivity contribution in [1.82, 2.24) is 10.1 Å². The maximum absolute atomic E-state index is 12.9. The van der Waals surface area contributed by atoms with Crippen LogP contribution in [-0.2, 0) is 0 Å². The quantitative estimate of drug-likeness (QED) is 0.780. The van der Waals surface area contributed by atoms with Gasteiger partial charge in [0, 0.05) is 5.02 Å². The van der Waals surface area contributed by atoms with E-state index in [1.165, 1.54) is 12.1 Å². The molecule has 0 aliphatic carbocycles. The van der Waals surface area contributed by atoms with Crippen molar-refractivity contribution in [1.29, 1.82) is 0 Å². The van der Waals surface area contributed by atoms with E-state index >= 15 is 0 Å². The lowest BCUT2D eigenvalue weighted by Crippen LogP contribution is -1.90. The summed E-state index contributed by atoms with van der Waals surface area (Å²) in [4.78, 5) is 3.98. The first-order chi connectivity index (χ1) is 9.65. The van der Waals surface area contributed by atoms with Crippen LogP contribution in [0.4, 0.5) is 10.2 Å². The zero-order valence-electron chi connectivity index (χ0n) is 10.2. The van der Waals surface area contributed by atoms with Crippen LogP contribution in [0.25, 0.3) is 22.6 Å². The van der Waals surface area contributed by atoms with E-state index in [0.29, 0.717) is 22.0 Å². The molecule has 0 radical (unpaired) electrons. The van der Waals surface area contributed by atoms with Crippen molar-refractivity contribution < 1.29 is 8.91 Å². The van der Waals surface area contributed by atoms with E-state index in [2.05, 4.69) is 10.1 Å². The Labute approximate surface area is 119 Å². The van der Waals surface area contributed by atoms with E-state index < -0.39 is 5.82 Å². The number of aromatic nitrogens is 2. The molecule has 0 fully saturated rings. The van der Waals surface area contributed by atoms with Gasteiger partial charge in [-0.1, -0.05) is 28.9 Å². The van der Waals surface area contributed by atoms with Crippen molar-refractivity contribution in [3.05, 3.63) is 53.4 Å². The molecule has 0 saturated heterocycles. The summed E-state index contributed by atoms with van der Waals surface area (Å²) in [5, 5.41) is 4.37. The number of anilines is 1. The normalized spacial score (nSPS) is 10.7. The maximum atomic E-state index is 12.9. The molecule has 3 aromatic rings. The molecule has 3 rings (SSSR count). The van der Waals surface area contributed by atoms with Crippen molar-refractivity contribution in [2.45, 2.75) is 0 Å². The van der Waals surface area contributed by atoms with E-state index in [-0.39, 0.29) is 5.82 Å². The SMILES string of the molecule is Nc1noc(-c2ccc(F)cn2)c1-c1ccc(Cl)cc1. The minimum Gasteiger partial charge on any atom is -0.380 e. The molecule has 4 nitrogen and oxygen atoms in total. The first kappa shape index (κ1) is 12.6. The van der Waals surface area contributed by atoms with Crippen LogP contribution in [-0.4, -0.2) is 10.1 Å². The molecule has 0 aliphatic heterocycles. The average Bonchev–Trinajstić information content (AvgIpc) is 2.83. The highest BCUT2D eigenvalue weighted by atomic mass is 35.5. The molecule has 0 unspecified atom stereocenters. The highest BCUT2D eigenvalue weighted by molar-refractivity contribution is 6.30. The number of hydrogen-bond acceptors (Lipinski definition) is 4. The lowest BCUT2D eigenvalue weighted by Gasteiger charge is -2.02. The van der Waals surface area contributed by atoms with Crippen molar-refractivity contribution >= 4 is 17.4 Å².